The van der Waals surface area contributed by atoms with Crippen LogP contribution in [0.1, 0.15) is 26.7 Å². The summed E-state index contributed by atoms with van der Waals surface area (Å²) in [5.74, 6) is 0.997. The molecule has 3 aromatic rings. The van der Waals surface area contributed by atoms with Crippen molar-refractivity contribution in [2.75, 3.05) is 17.6 Å². The number of nitrogens with zero attached hydrogens (tertiary/aromatic N) is 2. The minimum atomic E-state index is -0.178. The van der Waals surface area contributed by atoms with Crippen LogP contribution in [0.5, 0.6) is 0 Å². The average molecular weight is 369 g/mol. The maximum absolute atomic E-state index is 12.0. The number of amides is 2. The van der Waals surface area contributed by atoms with Crippen LogP contribution in [0.15, 0.2) is 36.0 Å². The molecule has 0 atom stereocenters. The summed E-state index contributed by atoms with van der Waals surface area (Å²) >= 11 is 1.54. The molecule has 2 heterocycles. The molecule has 0 saturated heterocycles. The second-order valence-corrected chi connectivity index (χ2v) is 7.04. The van der Waals surface area contributed by atoms with Crippen LogP contribution in [-0.4, -0.2) is 22.5 Å². The minimum absolute atomic E-state index is 0.178. The molecule has 0 bridgehead atoms. The van der Waals surface area contributed by atoms with E-state index in [9.17, 15) is 4.79 Å². The highest BCUT2D eigenvalue weighted by atomic mass is 32.1. The molecule has 0 spiro atoms. The molecular formula is C19H23N5OS. The fraction of sp³-hybridized carbons (Fsp3) is 0.316. The molecule has 2 aromatic heterocycles. The summed E-state index contributed by atoms with van der Waals surface area (Å²) in [6.07, 6.45) is 3.60. The maximum atomic E-state index is 12.0. The van der Waals surface area contributed by atoms with E-state index in [-0.39, 0.29) is 6.03 Å². The van der Waals surface area contributed by atoms with E-state index in [0.29, 0.717) is 18.3 Å². The third-order valence-corrected chi connectivity index (χ3v) is 5.45. The molecule has 0 fully saturated rings. The van der Waals surface area contributed by atoms with Crippen molar-refractivity contribution in [3.05, 3.63) is 36.0 Å². The second-order valence-electron chi connectivity index (χ2n) is 6.18. The number of nitrogens with one attached hydrogen (secondary N) is 2. The molecule has 0 aliphatic carbocycles. The summed E-state index contributed by atoms with van der Waals surface area (Å²) in [6, 6.07) is 7.52. The molecule has 0 unspecified atom stereocenters. The first-order valence-corrected chi connectivity index (χ1v) is 9.63. The van der Waals surface area contributed by atoms with Gasteiger partial charge in [0.15, 0.2) is 0 Å². The lowest BCUT2D eigenvalue weighted by atomic mass is 10.0. The third-order valence-electron chi connectivity index (χ3n) is 4.56. The summed E-state index contributed by atoms with van der Waals surface area (Å²) < 4.78 is 0. The highest BCUT2D eigenvalue weighted by Gasteiger charge is 2.11. The number of carbonyl (C=O) groups excluding carboxylic acids is 1. The number of hydrogen-bond donors (Lipinski definition) is 3. The second kappa shape index (κ2) is 8.14. The van der Waals surface area contributed by atoms with Crippen molar-refractivity contribution in [1.82, 2.24) is 15.3 Å². The van der Waals surface area contributed by atoms with Gasteiger partial charge >= 0.3 is 6.03 Å². The van der Waals surface area contributed by atoms with Crippen molar-refractivity contribution in [3.8, 4) is 11.1 Å². The van der Waals surface area contributed by atoms with Gasteiger partial charge in [-0.3, -0.25) is 0 Å². The quantitative estimate of drug-likeness (QED) is 0.596. The van der Waals surface area contributed by atoms with Gasteiger partial charge in [-0.05, 0) is 23.6 Å². The van der Waals surface area contributed by atoms with E-state index in [2.05, 4.69) is 34.4 Å². The van der Waals surface area contributed by atoms with Gasteiger partial charge in [0, 0.05) is 23.2 Å². The van der Waals surface area contributed by atoms with Crippen molar-refractivity contribution in [2.24, 2.45) is 5.92 Å². The SMILES string of the molecule is CCC(CC)CNC(=O)Nc1ccc(-c2csc3ncnc(N)c23)cc1. The Bertz CT molecular complexity index is 887. The van der Waals surface area contributed by atoms with E-state index in [1.807, 2.05) is 29.6 Å². The van der Waals surface area contributed by atoms with Crippen LogP contribution < -0.4 is 16.4 Å². The molecule has 0 saturated carbocycles. The fourth-order valence-electron chi connectivity index (χ4n) is 2.83. The molecule has 136 valence electrons. The molecule has 0 radical (unpaired) electrons. The molecule has 0 aliphatic rings. The number of rotatable bonds is 6. The van der Waals surface area contributed by atoms with Gasteiger partial charge in [-0.2, -0.15) is 0 Å². The Labute approximate surface area is 156 Å². The number of benzene rings is 1. The van der Waals surface area contributed by atoms with Gasteiger partial charge in [0.2, 0.25) is 0 Å². The first kappa shape index (κ1) is 18.1. The molecule has 0 aliphatic heterocycles. The van der Waals surface area contributed by atoms with Gasteiger partial charge in [-0.15, -0.1) is 11.3 Å². The highest BCUT2D eigenvalue weighted by Crippen LogP contribution is 2.35. The maximum Gasteiger partial charge on any atom is 0.319 e. The molecule has 2 amide bonds. The summed E-state index contributed by atoms with van der Waals surface area (Å²) in [7, 11) is 0. The van der Waals surface area contributed by atoms with Gasteiger partial charge in [-0.1, -0.05) is 38.8 Å². The summed E-state index contributed by atoms with van der Waals surface area (Å²) in [5, 5.41) is 8.70. The minimum Gasteiger partial charge on any atom is -0.383 e. The largest absolute Gasteiger partial charge is 0.383 e. The Morgan fingerprint density at radius 2 is 1.92 bits per heavy atom. The van der Waals surface area contributed by atoms with Crippen LogP contribution in [0, 0.1) is 5.92 Å². The topological polar surface area (TPSA) is 92.9 Å². The normalized spacial score (nSPS) is 11.0. The van der Waals surface area contributed by atoms with Crippen LogP contribution in [0.2, 0.25) is 0 Å². The van der Waals surface area contributed by atoms with Crippen molar-refractivity contribution in [2.45, 2.75) is 26.7 Å². The number of urea groups is 1. The standard InChI is InChI=1S/C19H23N5OS/c1-3-12(4-2)9-21-19(25)24-14-7-5-13(6-8-14)15-10-26-18-16(15)17(20)22-11-23-18/h5-8,10-12H,3-4,9H2,1-2H3,(H2,20,22,23)(H2,21,24,25). The zero-order valence-corrected chi connectivity index (χ0v) is 15.8. The first-order valence-electron chi connectivity index (χ1n) is 8.75. The fourth-order valence-corrected chi connectivity index (χ4v) is 3.76. The van der Waals surface area contributed by atoms with Crippen LogP contribution in [-0.2, 0) is 0 Å². The lowest BCUT2D eigenvalue weighted by Gasteiger charge is -2.14. The average Bonchev–Trinajstić information content (AvgIpc) is 3.09. The number of thiophene rings is 1. The van der Waals surface area contributed by atoms with E-state index in [0.717, 1.165) is 39.9 Å². The number of anilines is 2. The van der Waals surface area contributed by atoms with Gasteiger partial charge in [0.05, 0.1) is 5.39 Å². The Hall–Kier alpha value is -2.67. The summed E-state index contributed by atoms with van der Waals surface area (Å²) in [6.45, 7) is 4.97. The molecule has 3 rings (SSSR count). The predicted octanol–water partition coefficient (Wildman–Crippen LogP) is 4.50. The smallest absolute Gasteiger partial charge is 0.319 e. The van der Waals surface area contributed by atoms with E-state index in [1.54, 1.807) is 11.3 Å². The predicted molar refractivity (Wildman–Crippen MR) is 108 cm³/mol. The van der Waals surface area contributed by atoms with Crippen LogP contribution in [0.3, 0.4) is 0 Å². The number of nitrogen functional groups attached to an aromatic ring is 1. The van der Waals surface area contributed by atoms with Crippen molar-refractivity contribution < 1.29 is 4.79 Å². The zero-order valence-electron chi connectivity index (χ0n) is 15.0. The number of fused-ring (bicyclic) bond motifs is 1. The molecule has 7 heteroatoms. The molecule has 6 nitrogen and oxygen atoms in total. The highest BCUT2D eigenvalue weighted by molar-refractivity contribution is 7.17. The third kappa shape index (κ3) is 3.94. The Morgan fingerprint density at radius 3 is 2.62 bits per heavy atom. The first-order chi connectivity index (χ1) is 12.6. The van der Waals surface area contributed by atoms with Crippen molar-refractivity contribution >= 4 is 39.1 Å². The van der Waals surface area contributed by atoms with Crippen LogP contribution in [0.25, 0.3) is 21.3 Å². The van der Waals surface area contributed by atoms with E-state index >= 15 is 0 Å². The molecule has 4 N–H and O–H groups in total. The Morgan fingerprint density at radius 1 is 1.19 bits per heavy atom. The van der Waals surface area contributed by atoms with Gasteiger partial charge in [0.25, 0.3) is 0 Å². The number of hydrogen-bond acceptors (Lipinski definition) is 5. The zero-order chi connectivity index (χ0) is 18.5. The Kier molecular flexibility index (Phi) is 5.68. The van der Waals surface area contributed by atoms with Gasteiger partial charge in [0.1, 0.15) is 17.0 Å². The van der Waals surface area contributed by atoms with Crippen LogP contribution >= 0.6 is 11.3 Å². The molecule has 1 aromatic carbocycles. The van der Waals surface area contributed by atoms with Crippen molar-refractivity contribution in [3.63, 3.8) is 0 Å². The van der Waals surface area contributed by atoms with Gasteiger partial charge < -0.3 is 16.4 Å². The molecular weight excluding hydrogens is 346 g/mol. The Balaban J connectivity index is 1.69. The monoisotopic (exact) mass is 369 g/mol. The molecule has 26 heavy (non-hydrogen) atoms. The van der Waals surface area contributed by atoms with E-state index < -0.39 is 0 Å². The lowest BCUT2D eigenvalue weighted by molar-refractivity contribution is 0.249. The number of carbonyl (C=O) groups is 1. The summed E-state index contributed by atoms with van der Waals surface area (Å²) in [5.41, 5.74) is 8.78. The lowest BCUT2D eigenvalue weighted by Crippen LogP contribution is -2.32. The van der Waals surface area contributed by atoms with Crippen LogP contribution in [0.4, 0.5) is 16.3 Å². The number of nitrogens with two attached hydrogens (primary N) is 1. The summed E-state index contributed by atoms with van der Waals surface area (Å²) in [4.78, 5) is 21.2. The van der Waals surface area contributed by atoms with E-state index in [4.69, 9.17) is 5.73 Å². The van der Waals surface area contributed by atoms with Crippen molar-refractivity contribution in [1.29, 1.82) is 0 Å². The van der Waals surface area contributed by atoms with Gasteiger partial charge in [-0.25, -0.2) is 14.8 Å². The van der Waals surface area contributed by atoms with E-state index in [1.165, 1.54) is 6.33 Å². The number of aromatic nitrogens is 2.